The quantitative estimate of drug-likeness (QED) is 0.751. The molecule has 0 amide bonds. The minimum absolute atomic E-state index is 0.499. The molecule has 13 heavy (non-hydrogen) atoms. The highest BCUT2D eigenvalue weighted by atomic mass is 32.2. The number of rotatable bonds is 3. The first-order valence-electron chi connectivity index (χ1n) is 4.01. The molecule has 1 N–H and O–H groups in total. The van der Waals surface area contributed by atoms with Crippen molar-refractivity contribution >= 4 is 23.4 Å². The third kappa shape index (κ3) is 1.94. The molecule has 0 saturated heterocycles. The van der Waals surface area contributed by atoms with E-state index in [0.717, 1.165) is 5.71 Å². The number of carboxylic acids is 1. The standard InChI is InChI=1S/C9H13NO2S/c1-6-4-5-9(2,10-6)7(13-3)8(11)12/h4-5,7H,1-3H3,(H,11,12). The number of hydrogen-bond donors (Lipinski definition) is 1. The summed E-state index contributed by atoms with van der Waals surface area (Å²) in [5.74, 6) is -0.807. The van der Waals surface area contributed by atoms with Crippen molar-refractivity contribution in [2.24, 2.45) is 4.99 Å². The number of thioether (sulfide) groups is 1. The van der Waals surface area contributed by atoms with Crippen LogP contribution in [0.1, 0.15) is 13.8 Å². The van der Waals surface area contributed by atoms with Gasteiger partial charge in [-0.05, 0) is 26.2 Å². The maximum atomic E-state index is 10.9. The fraction of sp³-hybridized carbons (Fsp3) is 0.556. The highest BCUT2D eigenvalue weighted by Crippen LogP contribution is 2.30. The molecule has 0 aromatic heterocycles. The van der Waals surface area contributed by atoms with E-state index in [1.54, 1.807) is 6.26 Å². The Balaban J connectivity index is 2.93. The molecular formula is C9H13NO2S. The molecule has 2 atom stereocenters. The van der Waals surface area contributed by atoms with Gasteiger partial charge in [-0.1, -0.05) is 6.08 Å². The Morgan fingerprint density at radius 1 is 1.77 bits per heavy atom. The van der Waals surface area contributed by atoms with E-state index in [0.29, 0.717) is 0 Å². The van der Waals surface area contributed by atoms with E-state index in [-0.39, 0.29) is 0 Å². The van der Waals surface area contributed by atoms with Gasteiger partial charge in [-0.3, -0.25) is 9.79 Å². The number of carboxylic acid groups (broad SMARTS) is 1. The van der Waals surface area contributed by atoms with Gasteiger partial charge in [-0.15, -0.1) is 11.8 Å². The largest absolute Gasteiger partial charge is 0.480 e. The molecule has 1 aliphatic rings. The normalized spacial score (nSPS) is 28.7. The van der Waals surface area contributed by atoms with Gasteiger partial charge in [-0.2, -0.15) is 0 Å². The SMILES string of the molecule is CSC(C(=O)O)C1(C)C=CC(C)=N1. The van der Waals surface area contributed by atoms with Crippen LogP contribution in [0.2, 0.25) is 0 Å². The molecule has 0 fully saturated rings. The van der Waals surface area contributed by atoms with Crippen molar-refractivity contribution in [3.63, 3.8) is 0 Å². The molecule has 0 aromatic carbocycles. The fourth-order valence-corrected chi connectivity index (χ4v) is 2.29. The van der Waals surface area contributed by atoms with Gasteiger partial charge in [0, 0.05) is 5.71 Å². The van der Waals surface area contributed by atoms with Crippen LogP contribution in [-0.2, 0) is 4.79 Å². The molecule has 2 unspecified atom stereocenters. The molecule has 72 valence electrons. The molecule has 1 rings (SSSR count). The summed E-state index contributed by atoms with van der Waals surface area (Å²) in [6, 6.07) is 0. The number of aliphatic imine (C=N–C) groups is 1. The van der Waals surface area contributed by atoms with Crippen LogP contribution in [0.4, 0.5) is 0 Å². The van der Waals surface area contributed by atoms with Crippen molar-refractivity contribution in [2.75, 3.05) is 6.26 Å². The lowest BCUT2D eigenvalue weighted by Crippen LogP contribution is -2.38. The molecule has 0 radical (unpaired) electrons. The molecule has 1 aliphatic heterocycles. The van der Waals surface area contributed by atoms with Crippen LogP contribution in [0.3, 0.4) is 0 Å². The average Bonchev–Trinajstić information content (AvgIpc) is 2.32. The summed E-state index contributed by atoms with van der Waals surface area (Å²) in [6.45, 7) is 3.72. The molecule has 3 nitrogen and oxygen atoms in total. The topological polar surface area (TPSA) is 49.7 Å². The first-order valence-corrected chi connectivity index (χ1v) is 5.29. The van der Waals surface area contributed by atoms with Gasteiger partial charge >= 0.3 is 5.97 Å². The summed E-state index contributed by atoms with van der Waals surface area (Å²) in [5, 5.41) is 8.46. The number of allylic oxidation sites excluding steroid dienone is 1. The third-order valence-corrected chi connectivity index (χ3v) is 3.22. The van der Waals surface area contributed by atoms with Gasteiger partial charge in [-0.25, -0.2) is 0 Å². The second-order valence-electron chi connectivity index (χ2n) is 3.27. The predicted octanol–water partition coefficient (Wildman–Crippen LogP) is 1.59. The lowest BCUT2D eigenvalue weighted by atomic mass is 9.99. The van der Waals surface area contributed by atoms with E-state index < -0.39 is 16.8 Å². The van der Waals surface area contributed by atoms with Crippen LogP contribution in [-0.4, -0.2) is 33.8 Å². The summed E-state index contributed by atoms with van der Waals surface area (Å²) in [4.78, 5) is 15.2. The summed E-state index contributed by atoms with van der Waals surface area (Å²) >= 11 is 1.32. The van der Waals surface area contributed by atoms with Crippen LogP contribution < -0.4 is 0 Å². The second-order valence-corrected chi connectivity index (χ2v) is 4.21. The van der Waals surface area contributed by atoms with E-state index in [1.807, 2.05) is 26.0 Å². The Kier molecular flexibility index (Phi) is 2.81. The average molecular weight is 199 g/mol. The number of carbonyl (C=O) groups is 1. The maximum absolute atomic E-state index is 10.9. The molecular weight excluding hydrogens is 186 g/mol. The number of aliphatic carboxylic acids is 1. The van der Waals surface area contributed by atoms with E-state index >= 15 is 0 Å². The van der Waals surface area contributed by atoms with Gasteiger partial charge in [0.2, 0.25) is 0 Å². The van der Waals surface area contributed by atoms with Crippen LogP contribution in [0.25, 0.3) is 0 Å². The highest BCUT2D eigenvalue weighted by molar-refractivity contribution is 8.00. The fourth-order valence-electron chi connectivity index (χ4n) is 1.48. The Bertz CT molecular complexity index is 285. The Morgan fingerprint density at radius 3 is 2.69 bits per heavy atom. The molecule has 0 aromatic rings. The van der Waals surface area contributed by atoms with Gasteiger partial charge in [0.15, 0.2) is 0 Å². The van der Waals surface area contributed by atoms with Crippen molar-refractivity contribution in [2.45, 2.75) is 24.6 Å². The lowest BCUT2D eigenvalue weighted by Gasteiger charge is -2.24. The third-order valence-electron chi connectivity index (χ3n) is 2.07. The van der Waals surface area contributed by atoms with Crippen molar-refractivity contribution in [1.29, 1.82) is 0 Å². The Labute approximate surface area is 81.9 Å². The van der Waals surface area contributed by atoms with Crippen molar-refractivity contribution in [3.05, 3.63) is 12.2 Å². The zero-order valence-corrected chi connectivity index (χ0v) is 8.76. The van der Waals surface area contributed by atoms with E-state index in [9.17, 15) is 4.79 Å². The summed E-state index contributed by atoms with van der Waals surface area (Å²) in [5.41, 5.74) is 0.317. The maximum Gasteiger partial charge on any atom is 0.319 e. The van der Waals surface area contributed by atoms with E-state index in [2.05, 4.69) is 4.99 Å². The second kappa shape index (κ2) is 3.54. The van der Waals surface area contributed by atoms with Crippen molar-refractivity contribution in [1.82, 2.24) is 0 Å². The van der Waals surface area contributed by atoms with E-state index in [4.69, 9.17) is 5.11 Å². The monoisotopic (exact) mass is 199 g/mol. The number of nitrogens with zero attached hydrogens (tertiary/aromatic N) is 1. The minimum atomic E-state index is -0.807. The minimum Gasteiger partial charge on any atom is -0.480 e. The van der Waals surface area contributed by atoms with E-state index in [1.165, 1.54) is 11.8 Å². The summed E-state index contributed by atoms with van der Waals surface area (Å²) in [7, 11) is 0. The molecule has 0 aliphatic carbocycles. The van der Waals surface area contributed by atoms with Gasteiger partial charge < -0.3 is 5.11 Å². The number of hydrogen-bond acceptors (Lipinski definition) is 3. The molecule has 4 heteroatoms. The summed E-state index contributed by atoms with van der Waals surface area (Å²) in [6.07, 6.45) is 5.52. The van der Waals surface area contributed by atoms with Crippen LogP contribution >= 0.6 is 11.8 Å². The van der Waals surface area contributed by atoms with Gasteiger partial charge in [0.25, 0.3) is 0 Å². The van der Waals surface area contributed by atoms with Crippen LogP contribution in [0.15, 0.2) is 17.1 Å². The first kappa shape index (κ1) is 10.3. The first-order chi connectivity index (χ1) is 5.99. The van der Waals surface area contributed by atoms with Crippen LogP contribution in [0.5, 0.6) is 0 Å². The van der Waals surface area contributed by atoms with Gasteiger partial charge in [0.05, 0.1) is 5.54 Å². The molecule has 1 heterocycles. The predicted molar refractivity (Wildman–Crippen MR) is 55.6 cm³/mol. The Morgan fingerprint density at radius 2 is 2.38 bits per heavy atom. The Hall–Kier alpha value is -0.770. The van der Waals surface area contributed by atoms with Crippen molar-refractivity contribution < 1.29 is 9.90 Å². The van der Waals surface area contributed by atoms with Crippen LogP contribution in [0, 0.1) is 0 Å². The van der Waals surface area contributed by atoms with Crippen molar-refractivity contribution in [3.8, 4) is 0 Å². The van der Waals surface area contributed by atoms with Gasteiger partial charge in [0.1, 0.15) is 5.25 Å². The molecule has 0 saturated carbocycles. The highest BCUT2D eigenvalue weighted by Gasteiger charge is 2.38. The smallest absolute Gasteiger partial charge is 0.319 e. The zero-order chi connectivity index (χ0) is 10.1. The lowest BCUT2D eigenvalue weighted by molar-refractivity contribution is -0.137. The molecule has 0 bridgehead atoms. The zero-order valence-electron chi connectivity index (χ0n) is 7.94. The summed E-state index contributed by atoms with van der Waals surface area (Å²) < 4.78 is 0. The molecule has 0 spiro atoms.